The second-order valence-electron chi connectivity index (χ2n) is 5.88. The predicted octanol–water partition coefficient (Wildman–Crippen LogP) is 2.55. The highest BCUT2D eigenvalue weighted by Gasteiger charge is 2.31. The number of aryl methyl sites for hydroxylation is 2. The van der Waals surface area contributed by atoms with E-state index >= 15 is 0 Å². The zero-order chi connectivity index (χ0) is 15.5. The standard InChI is InChI=1S/C14H24N4O3/c1-3-17-13(12(18(19)20)11(2)16-17)21-10-14(15)8-6-4-5-7-9-14/h3-10,15H2,1-2H3. The van der Waals surface area contributed by atoms with Crippen molar-refractivity contribution in [3.63, 3.8) is 0 Å². The van der Waals surface area contributed by atoms with Crippen LogP contribution in [-0.4, -0.2) is 26.8 Å². The Morgan fingerprint density at radius 1 is 1.38 bits per heavy atom. The van der Waals surface area contributed by atoms with Crippen LogP contribution in [0.2, 0.25) is 0 Å². The van der Waals surface area contributed by atoms with E-state index in [0.29, 0.717) is 18.8 Å². The SMILES string of the molecule is CCn1nc(C)c([N+](=O)[O-])c1OCC1(N)CCCCCC1. The predicted molar refractivity (Wildman–Crippen MR) is 79.4 cm³/mol. The summed E-state index contributed by atoms with van der Waals surface area (Å²) in [4.78, 5) is 10.8. The van der Waals surface area contributed by atoms with Crippen molar-refractivity contribution in [3.05, 3.63) is 15.8 Å². The smallest absolute Gasteiger partial charge is 0.353 e. The lowest BCUT2D eigenvalue weighted by atomic mass is 9.93. The average molecular weight is 296 g/mol. The Morgan fingerprint density at radius 3 is 2.52 bits per heavy atom. The van der Waals surface area contributed by atoms with E-state index in [4.69, 9.17) is 10.5 Å². The summed E-state index contributed by atoms with van der Waals surface area (Å²) < 4.78 is 7.31. The van der Waals surface area contributed by atoms with Gasteiger partial charge in [-0.1, -0.05) is 25.7 Å². The molecular weight excluding hydrogens is 272 g/mol. The first-order chi connectivity index (χ1) is 9.97. The summed E-state index contributed by atoms with van der Waals surface area (Å²) in [5, 5.41) is 15.4. The number of nitrogens with two attached hydrogens (primary N) is 1. The maximum Gasteiger partial charge on any atom is 0.353 e. The number of nitrogens with zero attached hydrogens (tertiary/aromatic N) is 3. The van der Waals surface area contributed by atoms with Gasteiger partial charge in [-0.25, -0.2) is 4.68 Å². The van der Waals surface area contributed by atoms with Gasteiger partial charge < -0.3 is 10.5 Å². The second-order valence-corrected chi connectivity index (χ2v) is 5.88. The van der Waals surface area contributed by atoms with E-state index in [-0.39, 0.29) is 17.1 Å². The molecule has 1 fully saturated rings. The van der Waals surface area contributed by atoms with Gasteiger partial charge in [-0.15, -0.1) is 0 Å². The van der Waals surface area contributed by atoms with Gasteiger partial charge in [0.25, 0.3) is 5.88 Å². The third kappa shape index (κ3) is 3.53. The minimum atomic E-state index is -0.430. The molecule has 7 heteroatoms. The summed E-state index contributed by atoms with van der Waals surface area (Å²) in [6.45, 7) is 4.34. The Bertz CT molecular complexity index is 505. The summed E-state index contributed by atoms with van der Waals surface area (Å²) >= 11 is 0. The topological polar surface area (TPSA) is 96.2 Å². The molecule has 2 rings (SSSR count). The van der Waals surface area contributed by atoms with Crippen LogP contribution in [0.4, 0.5) is 5.69 Å². The molecular formula is C14H24N4O3. The van der Waals surface area contributed by atoms with Gasteiger partial charge in [-0.2, -0.15) is 5.10 Å². The van der Waals surface area contributed by atoms with Gasteiger partial charge in [-0.3, -0.25) is 10.1 Å². The van der Waals surface area contributed by atoms with Gasteiger partial charge in [0, 0.05) is 6.54 Å². The number of rotatable bonds is 5. The maximum absolute atomic E-state index is 11.2. The molecule has 1 aromatic heterocycles. The van der Waals surface area contributed by atoms with Crippen LogP contribution < -0.4 is 10.5 Å². The molecule has 1 heterocycles. The first-order valence-electron chi connectivity index (χ1n) is 7.60. The van der Waals surface area contributed by atoms with Gasteiger partial charge in [0.15, 0.2) is 0 Å². The van der Waals surface area contributed by atoms with Crippen LogP contribution in [0.15, 0.2) is 0 Å². The quantitative estimate of drug-likeness (QED) is 0.511. The molecule has 1 aliphatic carbocycles. The van der Waals surface area contributed by atoms with Crippen LogP contribution in [0.5, 0.6) is 5.88 Å². The Hall–Kier alpha value is -1.63. The third-order valence-electron chi connectivity index (χ3n) is 4.13. The second kappa shape index (κ2) is 6.43. The van der Waals surface area contributed by atoms with E-state index in [1.807, 2.05) is 6.92 Å². The lowest BCUT2D eigenvalue weighted by Gasteiger charge is -2.27. The molecule has 0 bridgehead atoms. The Balaban J connectivity index is 2.17. The fourth-order valence-corrected chi connectivity index (χ4v) is 2.91. The average Bonchev–Trinajstić information content (AvgIpc) is 2.60. The molecule has 0 spiro atoms. The molecule has 0 aromatic carbocycles. The lowest BCUT2D eigenvalue weighted by molar-refractivity contribution is -0.386. The van der Waals surface area contributed by atoms with E-state index in [0.717, 1.165) is 25.7 Å². The number of aromatic nitrogens is 2. The van der Waals surface area contributed by atoms with Gasteiger partial charge in [0.1, 0.15) is 12.3 Å². The summed E-state index contributed by atoms with van der Waals surface area (Å²) in [5.74, 6) is 0.231. The highest BCUT2D eigenvalue weighted by Crippen LogP contribution is 2.32. The van der Waals surface area contributed by atoms with Crippen LogP contribution in [0.3, 0.4) is 0 Å². The number of hydrogen-bond donors (Lipinski definition) is 1. The van der Waals surface area contributed by atoms with Crippen LogP contribution in [0.1, 0.15) is 51.1 Å². The Morgan fingerprint density at radius 2 is 2.00 bits per heavy atom. The molecule has 1 aliphatic rings. The molecule has 0 amide bonds. The molecule has 0 radical (unpaired) electrons. The Kier molecular flexibility index (Phi) is 4.82. The zero-order valence-electron chi connectivity index (χ0n) is 12.8. The fourth-order valence-electron chi connectivity index (χ4n) is 2.91. The first kappa shape index (κ1) is 15.8. The molecule has 2 N–H and O–H groups in total. The first-order valence-corrected chi connectivity index (χ1v) is 7.60. The van der Waals surface area contributed by atoms with Gasteiger partial charge in [0.2, 0.25) is 0 Å². The monoisotopic (exact) mass is 296 g/mol. The van der Waals surface area contributed by atoms with Crippen molar-refractivity contribution in [1.82, 2.24) is 9.78 Å². The van der Waals surface area contributed by atoms with Crippen molar-refractivity contribution in [3.8, 4) is 5.88 Å². The van der Waals surface area contributed by atoms with E-state index in [1.54, 1.807) is 6.92 Å². The minimum Gasteiger partial charge on any atom is -0.471 e. The maximum atomic E-state index is 11.2. The van der Waals surface area contributed by atoms with Gasteiger partial charge in [0.05, 0.1) is 10.5 Å². The summed E-state index contributed by atoms with van der Waals surface area (Å²) in [7, 11) is 0. The van der Waals surface area contributed by atoms with Crippen molar-refractivity contribution < 1.29 is 9.66 Å². The normalized spacial score (nSPS) is 18.2. The van der Waals surface area contributed by atoms with Crippen LogP contribution >= 0.6 is 0 Å². The van der Waals surface area contributed by atoms with Crippen LogP contribution in [0.25, 0.3) is 0 Å². The van der Waals surface area contributed by atoms with Crippen molar-refractivity contribution >= 4 is 5.69 Å². The number of ether oxygens (including phenoxy) is 1. The lowest BCUT2D eigenvalue weighted by Crippen LogP contribution is -2.45. The van der Waals surface area contributed by atoms with E-state index < -0.39 is 4.92 Å². The largest absolute Gasteiger partial charge is 0.471 e. The molecule has 1 saturated carbocycles. The Labute approximate surface area is 124 Å². The molecule has 0 aliphatic heterocycles. The van der Waals surface area contributed by atoms with Gasteiger partial charge >= 0.3 is 5.69 Å². The molecule has 21 heavy (non-hydrogen) atoms. The molecule has 0 atom stereocenters. The summed E-state index contributed by atoms with van der Waals surface area (Å²) in [6.07, 6.45) is 6.39. The fraction of sp³-hybridized carbons (Fsp3) is 0.786. The van der Waals surface area contributed by atoms with Gasteiger partial charge in [-0.05, 0) is 26.7 Å². The number of nitro groups is 1. The van der Waals surface area contributed by atoms with Crippen molar-refractivity contribution in [1.29, 1.82) is 0 Å². The van der Waals surface area contributed by atoms with Crippen molar-refractivity contribution in [2.45, 2.75) is 64.5 Å². The minimum absolute atomic E-state index is 0.0472. The molecule has 0 unspecified atom stereocenters. The van der Waals surface area contributed by atoms with E-state index in [2.05, 4.69) is 5.10 Å². The summed E-state index contributed by atoms with van der Waals surface area (Å²) in [6, 6.07) is 0. The molecule has 1 aromatic rings. The van der Waals surface area contributed by atoms with Crippen molar-refractivity contribution in [2.75, 3.05) is 6.61 Å². The third-order valence-corrected chi connectivity index (χ3v) is 4.13. The highest BCUT2D eigenvalue weighted by atomic mass is 16.6. The van der Waals surface area contributed by atoms with Crippen molar-refractivity contribution in [2.24, 2.45) is 5.73 Å². The summed E-state index contributed by atoms with van der Waals surface area (Å²) in [5.41, 5.74) is 6.35. The zero-order valence-corrected chi connectivity index (χ0v) is 12.8. The van der Waals surface area contributed by atoms with Crippen LogP contribution in [0, 0.1) is 17.0 Å². The molecule has 0 saturated heterocycles. The van der Waals surface area contributed by atoms with E-state index in [9.17, 15) is 10.1 Å². The van der Waals surface area contributed by atoms with Crippen LogP contribution in [-0.2, 0) is 6.54 Å². The van der Waals surface area contributed by atoms with E-state index in [1.165, 1.54) is 17.5 Å². The highest BCUT2D eigenvalue weighted by molar-refractivity contribution is 5.45. The molecule has 118 valence electrons. The number of hydrogen-bond acceptors (Lipinski definition) is 5. The molecule has 7 nitrogen and oxygen atoms in total.